The lowest BCUT2D eigenvalue weighted by molar-refractivity contribution is -0.137. The number of phenols is 2. The molecule has 0 fully saturated rings. The van der Waals surface area contributed by atoms with E-state index in [2.05, 4.69) is 44.3 Å². The first-order valence-corrected chi connectivity index (χ1v) is 15.2. The summed E-state index contributed by atoms with van der Waals surface area (Å²) in [6.07, 6.45) is 1.10. The third-order valence-electron chi connectivity index (χ3n) is 9.80. The molecule has 2 heterocycles. The molecule has 0 spiro atoms. The molecule has 2 aromatic carbocycles. The van der Waals surface area contributed by atoms with Crippen molar-refractivity contribution in [2.75, 3.05) is 6.54 Å². The number of carbonyl (C=O) groups excluding carboxylic acids is 2. The number of fused-ring (bicyclic) bond motifs is 1. The van der Waals surface area contributed by atoms with E-state index in [-0.39, 0.29) is 35.5 Å². The van der Waals surface area contributed by atoms with Crippen molar-refractivity contribution >= 4 is 118 Å². The van der Waals surface area contributed by atoms with Crippen molar-refractivity contribution in [3.8, 4) is 17.2 Å². The molecule has 220 valence electrons. The maximum Gasteiger partial charge on any atom is 0.313 e. The SMILES string of the molecule is Bc1c(B)c(B)c(C(c2c(B)c(B)c(O)c(O)c2B)[C@H]2CN(C(C)C)C(=O)c3c(OC(=O)C(C)C)c(=O)cnn32)c(B)c1B. The Morgan fingerprint density at radius 2 is 1.30 bits per heavy atom. The van der Waals surface area contributed by atoms with Gasteiger partial charge in [-0.3, -0.25) is 19.1 Å². The van der Waals surface area contributed by atoms with Gasteiger partial charge in [-0.2, -0.15) is 5.10 Å². The maximum atomic E-state index is 14.1. The number of nitrogens with zero attached hydrogens (tertiary/aromatic N) is 3. The second-order valence-corrected chi connectivity index (χ2v) is 12.8. The summed E-state index contributed by atoms with van der Waals surface area (Å²) in [6, 6.07) is -0.814. The summed E-state index contributed by atoms with van der Waals surface area (Å²) in [4.78, 5) is 41.7. The summed E-state index contributed by atoms with van der Waals surface area (Å²) in [6.45, 7) is 7.36. The van der Waals surface area contributed by atoms with Gasteiger partial charge in [0.25, 0.3) is 5.91 Å². The first-order chi connectivity index (χ1) is 20.4. The number of aromatic hydroxyl groups is 2. The molecular formula is C27H37B8N3O6. The van der Waals surface area contributed by atoms with Gasteiger partial charge in [0.15, 0.2) is 11.4 Å². The second-order valence-electron chi connectivity index (χ2n) is 12.8. The molecule has 0 saturated heterocycles. The quantitative estimate of drug-likeness (QED) is 0.167. The summed E-state index contributed by atoms with van der Waals surface area (Å²) in [5.74, 6) is -2.77. The fourth-order valence-corrected chi connectivity index (χ4v) is 6.54. The molecule has 2 atom stereocenters. The highest BCUT2D eigenvalue weighted by Crippen LogP contribution is 2.39. The van der Waals surface area contributed by atoms with Gasteiger partial charge in [0.05, 0.1) is 18.2 Å². The Bertz CT molecular complexity index is 1650. The molecule has 4 rings (SSSR count). The van der Waals surface area contributed by atoms with Gasteiger partial charge in [-0.1, -0.05) is 41.3 Å². The topological polar surface area (TPSA) is 122 Å². The molecule has 1 amide bonds. The fourth-order valence-electron chi connectivity index (χ4n) is 6.54. The lowest BCUT2D eigenvalue weighted by Gasteiger charge is -2.43. The summed E-state index contributed by atoms with van der Waals surface area (Å²) < 4.78 is 7.15. The van der Waals surface area contributed by atoms with Crippen LogP contribution >= 0.6 is 0 Å². The van der Waals surface area contributed by atoms with Gasteiger partial charge in [0, 0.05) is 18.5 Å². The van der Waals surface area contributed by atoms with Crippen LogP contribution in [0.1, 0.15) is 61.3 Å². The number of phenolic OH excluding ortho intramolecular Hbond substituents is 2. The van der Waals surface area contributed by atoms with Gasteiger partial charge in [-0.25, -0.2) is 0 Å². The number of esters is 1. The summed E-state index contributed by atoms with van der Waals surface area (Å²) in [5, 5.41) is 26.5. The molecule has 17 heteroatoms. The van der Waals surface area contributed by atoms with Crippen LogP contribution in [-0.4, -0.2) is 112 Å². The van der Waals surface area contributed by atoms with Crippen LogP contribution in [0.15, 0.2) is 11.0 Å². The number of hydrogen-bond donors (Lipinski definition) is 2. The number of aromatic nitrogens is 2. The van der Waals surface area contributed by atoms with Crippen LogP contribution in [0.5, 0.6) is 17.2 Å². The first-order valence-electron chi connectivity index (χ1n) is 15.2. The van der Waals surface area contributed by atoms with Crippen molar-refractivity contribution in [3.63, 3.8) is 0 Å². The standard InChI is InChI=1S/C27H37B8N3O6/c1-7(2)27(43)44-25-10(39)5-36-38-9(6-37(8(3)4)26(42)22(25)38)11(12-14(28)18(32)20(34)19(33)15(12)29)13-16(30)21(35)24(41)23(40)17(13)31/h5,7-9,11,40-41H,6,28-35H2,1-4H3/t9-,11?/m1/s1. The summed E-state index contributed by atoms with van der Waals surface area (Å²) >= 11 is 0. The van der Waals surface area contributed by atoms with E-state index in [1.807, 2.05) is 21.7 Å². The molecule has 9 nitrogen and oxygen atoms in total. The van der Waals surface area contributed by atoms with E-state index < -0.39 is 35.2 Å². The van der Waals surface area contributed by atoms with Crippen LogP contribution < -0.4 is 53.9 Å². The Labute approximate surface area is 265 Å². The number of amides is 1. The van der Waals surface area contributed by atoms with Crippen LogP contribution in [0.3, 0.4) is 0 Å². The van der Waals surface area contributed by atoms with Crippen molar-refractivity contribution in [2.45, 2.75) is 45.7 Å². The molecule has 1 unspecified atom stereocenters. The normalized spacial score (nSPS) is 15.5. The molecule has 1 aliphatic heterocycles. The van der Waals surface area contributed by atoms with Gasteiger partial charge in [0.2, 0.25) is 11.2 Å². The first kappa shape index (κ1) is 33.3. The maximum absolute atomic E-state index is 14.1. The largest absolute Gasteiger partial charge is 0.505 e. The highest BCUT2D eigenvalue weighted by Gasteiger charge is 2.43. The third-order valence-corrected chi connectivity index (χ3v) is 9.80. The molecule has 2 N–H and O–H groups in total. The molecule has 0 aliphatic carbocycles. The van der Waals surface area contributed by atoms with E-state index in [9.17, 15) is 24.6 Å². The Hall–Kier alpha value is -3.62. The van der Waals surface area contributed by atoms with E-state index in [1.165, 1.54) is 10.1 Å². The highest BCUT2D eigenvalue weighted by atomic mass is 16.5. The van der Waals surface area contributed by atoms with Gasteiger partial charge in [-0.15, -0.1) is 16.4 Å². The number of benzene rings is 2. The summed E-state index contributed by atoms with van der Waals surface area (Å²) in [5.41, 5.74) is 8.58. The Morgan fingerprint density at radius 1 is 0.818 bits per heavy atom. The minimum atomic E-state index is -0.653. The Morgan fingerprint density at radius 3 is 1.82 bits per heavy atom. The molecule has 0 saturated carbocycles. The average Bonchev–Trinajstić information content (AvgIpc) is 2.97. The highest BCUT2D eigenvalue weighted by molar-refractivity contribution is 6.67. The van der Waals surface area contributed by atoms with E-state index in [0.717, 1.165) is 44.6 Å². The fraction of sp³-hybridized carbons (Fsp3) is 0.333. The molecule has 0 bridgehead atoms. The third kappa shape index (κ3) is 5.22. The van der Waals surface area contributed by atoms with Gasteiger partial charge in [0.1, 0.15) is 68.5 Å². The van der Waals surface area contributed by atoms with Crippen LogP contribution in [0, 0.1) is 5.92 Å². The molecule has 1 aromatic heterocycles. The average molecular weight is 586 g/mol. The molecule has 44 heavy (non-hydrogen) atoms. The van der Waals surface area contributed by atoms with Crippen molar-refractivity contribution in [1.82, 2.24) is 14.7 Å². The van der Waals surface area contributed by atoms with Crippen molar-refractivity contribution in [1.29, 1.82) is 0 Å². The van der Waals surface area contributed by atoms with Crippen molar-refractivity contribution < 1.29 is 24.5 Å². The lowest BCUT2D eigenvalue weighted by Crippen LogP contribution is -2.59. The van der Waals surface area contributed by atoms with Gasteiger partial charge < -0.3 is 19.8 Å². The zero-order valence-corrected chi connectivity index (χ0v) is 28.0. The van der Waals surface area contributed by atoms with Crippen LogP contribution in [-0.2, 0) is 4.79 Å². The number of carbonyl (C=O) groups is 2. The van der Waals surface area contributed by atoms with E-state index in [1.54, 1.807) is 34.4 Å². The number of ether oxygens (including phenoxy) is 1. The van der Waals surface area contributed by atoms with Crippen LogP contribution in [0.2, 0.25) is 0 Å². The van der Waals surface area contributed by atoms with Crippen molar-refractivity contribution in [2.24, 2.45) is 5.92 Å². The minimum Gasteiger partial charge on any atom is -0.505 e. The second kappa shape index (κ2) is 12.1. The Balaban J connectivity index is 2.21. The smallest absolute Gasteiger partial charge is 0.313 e. The van der Waals surface area contributed by atoms with Crippen LogP contribution in [0.4, 0.5) is 0 Å². The molecular weight excluding hydrogens is 549 g/mol. The lowest BCUT2D eigenvalue weighted by atomic mass is 9.56. The predicted octanol–water partition coefficient (Wildman–Crippen LogP) is -10.5. The van der Waals surface area contributed by atoms with E-state index in [4.69, 9.17) is 4.74 Å². The number of rotatable bonds is 6. The molecule has 1 aliphatic rings. The van der Waals surface area contributed by atoms with Gasteiger partial charge >= 0.3 is 5.97 Å². The zero-order chi connectivity index (χ0) is 33.1. The monoisotopic (exact) mass is 587 g/mol. The van der Waals surface area contributed by atoms with E-state index in [0.29, 0.717) is 10.9 Å². The molecule has 3 aromatic rings. The molecule has 0 radical (unpaired) electrons. The predicted molar refractivity (Wildman–Crippen MR) is 198 cm³/mol. The Kier molecular flexibility index (Phi) is 9.11. The van der Waals surface area contributed by atoms with Crippen LogP contribution in [0.25, 0.3) is 0 Å². The van der Waals surface area contributed by atoms with Gasteiger partial charge in [-0.05, 0) is 24.9 Å². The zero-order valence-electron chi connectivity index (χ0n) is 28.0. The van der Waals surface area contributed by atoms with Crippen molar-refractivity contribution in [3.05, 3.63) is 33.2 Å². The minimum absolute atomic E-state index is 0.0765. The summed E-state index contributed by atoms with van der Waals surface area (Å²) in [7, 11) is 15.9. The number of hydrogen-bond acceptors (Lipinski definition) is 7. The van der Waals surface area contributed by atoms with E-state index >= 15 is 0 Å².